The van der Waals surface area contributed by atoms with Crippen LogP contribution < -0.4 is 0 Å². The Morgan fingerprint density at radius 3 is 1.84 bits per heavy atom. The number of benzene rings is 2. The standard InChI is InChI=1S/C24H37N/c1-25(2)21-14-10-8-6-4-3-5-7-9-11-16-22-18-15-19-23-17-12-13-20-24(22)23/h12-13,15,17-20H,3-11,14,16,21H2,1-2H3. The lowest BCUT2D eigenvalue weighted by atomic mass is 9.99. The Morgan fingerprint density at radius 2 is 1.16 bits per heavy atom. The molecule has 0 unspecified atom stereocenters. The second-order valence-corrected chi connectivity index (χ2v) is 7.73. The summed E-state index contributed by atoms with van der Waals surface area (Å²) >= 11 is 0. The molecule has 0 atom stereocenters. The van der Waals surface area contributed by atoms with Crippen LogP contribution in [-0.4, -0.2) is 25.5 Å². The summed E-state index contributed by atoms with van der Waals surface area (Å²) in [5.41, 5.74) is 1.52. The quantitative estimate of drug-likeness (QED) is 0.361. The highest BCUT2D eigenvalue weighted by Crippen LogP contribution is 2.20. The van der Waals surface area contributed by atoms with E-state index >= 15 is 0 Å². The lowest BCUT2D eigenvalue weighted by molar-refractivity contribution is 0.389. The normalized spacial score (nSPS) is 11.5. The molecule has 2 aromatic rings. The van der Waals surface area contributed by atoms with Crippen LogP contribution in [0.3, 0.4) is 0 Å². The second kappa shape index (κ2) is 12.1. The van der Waals surface area contributed by atoms with Crippen LogP contribution in [-0.2, 0) is 6.42 Å². The van der Waals surface area contributed by atoms with Crippen LogP contribution in [0.5, 0.6) is 0 Å². The molecule has 0 heterocycles. The highest BCUT2D eigenvalue weighted by molar-refractivity contribution is 5.85. The van der Waals surface area contributed by atoms with Gasteiger partial charge in [-0.2, -0.15) is 0 Å². The van der Waals surface area contributed by atoms with Crippen molar-refractivity contribution < 1.29 is 0 Å². The third-order valence-corrected chi connectivity index (χ3v) is 5.18. The Hall–Kier alpha value is -1.34. The fourth-order valence-corrected chi connectivity index (χ4v) is 3.67. The van der Waals surface area contributed by atoms with Crippen molar-refractivity contribution in [2.24, 2.45) is 0 Å². The number of nitrogens with zero attached hydrogens (tertiary/aromatic N) is 1. The summed E-state index contributed by atoms with van der Waals surface area (Å²) in [5, 5.41) is 2.82. The molecule has 0 amide bonds. The molecule has 0 N–H and O–H groups in total. The first kappa shape index (κ1) is 20.0. The van der Waals surface area contributed by atoms with E-state index in [1.807, 2.05) is 0 Å². The Bertz CT molecular complexity index is 582. The Labute approximate surface area is 155 Å². The molecule has 2 aromatic carbocycles. The van der Waals surface area contributed by atoms with Gasteiger partial charge >= 0.3 is 0 Å². The van der Waals surface area contributed by atoms with Gasteiger partial charge in [-0.15, -0.1) is 0 Å². The maximum atomic E-state index is 2.30. The molecule has 0 spiro atoms. The van der Waals surface area contributed by atoms with Crippen molar-refractivity contribution >= 4 is 10.8 Å². The maximum absolute atomic E-state index is 2.30. The molecule has 0 saturated heterocycles. The molecule has 1 heteroatoms. The molecule has 0 fully saturated rings. The van der Waals surface area contributed by atoms with Gasteiger partial charge in [-0.1, -0.05) is 93.8 Å². The Balaban J connectivity index is 1.47. The van der Waals surface area contributed by atoms with Crippen molar-refractivity contribution in [3.05, 3.63) is 48.0 Å². The van der Waals surface area contributed by atoms with Crippen molar-refractivity contribution in [1.29, 1.82) is 0 Å². The Kier molecular flexibility index (Phi) is 9.66. The first-order valence-corrected chi connectivity index (χ1v) is 10.4. The minimum Gasteiger partial charge on any atom is -0.309 e. The number of hydrogen-bond acceptors (Lipinski definition) is 1. The summed E-state index contributed by atoms with van der Waals surface area (Å²) in [7, 11) is 4.33. The zero-order chi connectivity index (χ0) is 17.7. The van der Waals surface area contributed by atoms with E-state index in [0.717, 1.165) is 0 Å². The van der Waals surface area contributed by atoms with Crippen LogP contribution >= 0.6 is 0 Å². The van der Waals surface area contributed by atoms with Gasteiger partial charge in [-0.05, 0) is 56.2 Å². The lowest BCUT2D eigenvalue weighted by Gasteiger charge is -2.08. The van der Waals surface area contributed by atoms with Crippen LogP contribution in [0.2, 0.25) is 0 Å². The van der Waals surface area contributed by atoms with Crippen molar-refractivity contribution in [2.45, 2.75) is 70.6 Å². The molecule has 0 bridgehead atoms. The van der Waals surface area contributed by atoms with Gasteiger partial charge in [0.1, 0.15) is 0 Å². The number of fused-ring (bicyclic) bond motifs is 1. The second-order valence-electron chi connectivity index (χ2n) is 7.73. The molecular formula is C24H37N. The van der Waals surface area contributed by atoms with Crippen LogP contribution in [0.4, 0.5) is 0 Å². The van der Waals surface area contributed by atoms with E-state index in [4.69, 9.17) is 0 Å². The van der Waals surface area contributed by atoms with Crippen molar-refractivity contribution in [3.63, 3.8) is 0 Å². The predicted octanol–water partition coefficient (Wildman–Crippen LogP) is 6.84. The largest absolute Gasteiger partial charge is 0.309 e. The summed E-state index contributed by atoms with van der Waals surface area (Å²) in [4.78, 5) is 2.29. The predicted molar refractivity (Wildman–Crippen MR) is 112 cm³/mol. The van der Waals surface area contributed by atoms with Gasteiger partial charge in [0.25, 0.3) is 0 Å². The zero-order valence-electron chi connectivity index (χ0n) is 16.5. The van der Waals surface area contributed by atoms with Gasteiger partial charge in [0.2, 0.25) is 0 Å². The SMILES string of the molecule is CN(C)CCCCCCCCCCCCc1cccc2ccccc12. The monoisotopic (exact) mass is 339 g/mol. The molecule has 0 saturated carbocycles. The van der Waals surface area contributed by atoms with E-state index in [9.17, 15) is 0 Å². The van der Waals surface area contributed by atoms with E-state index < -0.39 is 0 Å². The first-order chi connectivity index (χ1) is 12.3. The fourth-order valence-electron chi connectivity index (χ4n) is 3.67. The summed E-state index contributed by atoms with van der Waals surface area (Å²) < 4.78 is 0. The van der Waals surface area contributed by atoms with Crippen molar-refractivity contribution in [1.82, 2.24) is 4.90 Å². The summed E-state index contributed by atoms with van der Waals surface area (Å²) in [6, 6.07) is 15.5. The molecule has 0 aliphatic rings. The molecular weight excluding hydrogens is 302 g/mol. The number of unbranched alkanes of at least 4 members (excludes halogenated alkanes) is 9. The molecule has 25 heavy (non-hydrogen) atoms. The molecule has 2 rings (SSSR count). The molecule has 1 nitrogen and oxygen atoms in total. The average molecular weight is 340 g/mol. The molecule has 138 valence electrons. The van der Waals surface area contributed by atoms with E-state index in [0.29, 0.717) is 0 Å². The minimum atomic E-state index is 1.23. The Morgan fingerprint density at radius 1 is 0.600 bits per heavy atom. The highest BCUT2D eigenvalue weighted by Gasteiger charge is 2.00. The number of hydrogen-bond donors (Lipinski definition) is 0. The topological polar surface area (TPSA) is 3.24 Å². The highest BCUT2D eigenvalue weighted by atomic mass is 15.0. The molecule has 0 aromatic heterocycles. The van der Waals surface area contributed by atoms with Gasteiger partial charge in [0, 0.05) is 0 Å². The molecule has 0 aliphatic heterocycles. The van der Waals surface area contributed by atoms with Gasteiger partial charge in [-0.3, -0.25) is 0 Å². The van der Waals surface area contributed by atoms with Crippen LogP contribution in [0.25, 0.3) is 10.8 Å². The summed E-state index contributed by atoms with van der Waals surface area (Å²) in [5.74, 6) is 0. The fraction of sp³-hybridized carbons (Fsp3) is 0.583. The van der Waals surface area contributed by atoms with Crippen molar-refractivity contribution in [2.75, 3.05) is 20.6 Å². The lowest BCUT2D eigenvalue weighted by Crippen LogP contribution is -2.12. The first-order valence-electron chi connectivity index (χ1n) is 10.4. The van der Waals surface area contributed by atoms with Gasteiger partial charge in [-0.25, -0.2) is 0 Å². The van der Waals surface area contributed by atoms with Crippen LogP contribution in [0.1, 0.15) is 69.8 Å². The maximum Gasteiger partial charge on any atom is -0.00248 e. The number of rotatable bonds is 13. The van der Waals surface area contributed by atoms with E-state index in [1.165, 1.54) is 93.5 Å². The summed E-state index contributed by atoms with van der Waals surface area (Å²) in [6.07, 6.45) is 15.3. The van der Waals surface area contributed by atoms with E-state index in [-0.39, 0.29) is 0 Å². The average Bonchev–Trinajstić information content (AvgIpc) is 2.62. The third-order valence-electron chi connectivity index (χ3n) is 5.18. The van der Waals surface area contributed by atoms with Gasteiger partial charge in [0.15, 0.2) is 0 Å². The van der Waals surface area contributed by atoms with Gasteiger partial charge < -0.3 is 4.90 Å². The van der Waals surface area contributed by atoms with E-state index in [2.05, 4.69) is 61.5 Å². The van der Waals surface area contributed by atoms with E-state index in [1.54, 1.807) is 0 Å². The van der Waals surface area contributed by atoms with Crippen LogP contribution in [0.15, 0.2) is 42.5 Å². The third kappa shape index (κ3) is 8.05. The zero-order valence-corrected chi connectivity index (χ0v) is 16.5. The smallest absolute Gasteiger partial charge is 0.00248 e. The molecule has 0 aliphatic carbocycles. The van der Waals surface area contributed by atoms with Gasteiger partial charge in [0.05, 0.1) is 0 Å². The van der Waals surface area contributed by atoms with Crippen molar-refractivity contribution in [3.8, 4) is 0 Å². The minimum absolute atomic E-state index is 1.23. The molecule has 0 radical (unpaired) electrons. The number of aryl methyl sites for hydroxylation is 1. The van der Waals surface area contributed by atoms with Crippen LogP contribution in [0, 0.1) is 0 Å². The summed E-state index contributed by atoms with van der Waals surface area (Å²) in [6.45, 7) is 1.25.